The molecule has 3 rings (SSSR count). The number of Topliss-reactive ketones (excluding diaryl/α,β-unsaturated/α-hetero) is 1. The van der Waals surface area contributed by atoms with E-state index in [1.807, 2.05) is 0 Å². The standard InChI is InChI=1S/C15H24O3/c1-2-13-12(5-8-17-13)14(16)11-4-9-18-15(10-11)6-3-7-15/h11-13H,2-10H2,1H3. The van der Waals surface area contributed by atoms with Crippen LogP contribution in [0.3, 0.4) is 0 Å². The molecule has 1 aliphatic carbocycles. The van der Waals surface area contributed by atoms with E-state index < -0.39 is 0 Å². The van der Waals surface area contributed by atoms with E-state index in [9.17, 15) is 4.79 Å². The fourth-order valence-corrected chi connectivity index (χ4v) is 3.87. The van der Waals surface area contributed by atoms with E-state index >= 15 is 0 Å². The highest BCUT2D eigenvalue weighted by molar-refractivity contribution is 5.84. The zero-order valence-electron chi connectivity index (χ0n) is 11.3. The molecule has 3 heteroatoms. The van der Waals surface area contributed by atoms with Crippen molar-refractivity contribution in [1.29, 1.82) is 0 Å². The van der Waals surface area contributed by atoms with Gasteiger partial charge < -0.3 is 9.47 Å². The van der Waals surface area contributed by atoms with Gasteiger partial charge in [-0.2, -0.15) is 0 Å². The van der Waals surface area contributed by atoms with Gasteiger partial charge in [0.25, 0.3) is 0 Å². The Labute approximate surface area is 109 Å². The van der Waals surface area contributed by atoms with Gasteiger partial charge in [0.05, 0.1) is 11.7 Å². The first-order valence-electron chi connectivity index (χ1n) is 7.53. The SMILES string of the molecule is CCC1OCCC1C(=O)C1CCOC2(CCC2)C1. The average molecular weight is 252 g/mol. The second-order valence-electron chi connectivity index (χ2n) is 6.19. The average Bonchev–Trinajstić information content (AvgIpc) is 2.84. The molecule has 0 N–H and O–H groups in total. The van der Waals surface area contributed by atoms with Gasteiger partial charge in [-0.05, 0) is 44.9 Å². The molecular weight excluding hydrogens is 228 g/mol. The minimum Gasteiger partial charge on any atom is -0.377 e. The molecule has 0 bridgehead atoms. The minimum absolute atomic E-state index is 0.0831. The van der Waals surface area contributed by atoms with Crippen molar-refractivity contribution in [3.05, 3.63) is 0 Å². The second-order valence-corrected chi connectivity index (χ2v) is 6.19. The summed E-state index contributed by atoms with van der Waals surface area (Å²) in [5.41, 5.74) is 0.0831. The van der Waals surface area contributed by atoms with Crippen LogP contribution in [0.15, 0.2) is 0 Å². The lowest BCUT2D eigenvalue weighted by atomic mass is 9.69. The van der Waals surface area contributed by atoms with E-state index in [2.05, 4.69) is 6.92 Å². The molecule has 1 spiro atoms. The second kappa shape index (κ2) is 4.93. The zero-order valence-corrected chi connectivity index (χ0v) is 11.3. The number of ketones is 1. The van der Waals surface area contributed by atoms with E-state index in [1.54, 1.807) is 0 Å². The Kier molecular flexibility index (Phi) is 3.46. The van der Waals surface area contributed by atoms with E-state index in [0.29, 0.717) is 5.78 Å². The number of ether oxygens (including phenoxy) is 2. The third-order valence-corrected chi connectivity index (χ3v) is 5.14. The smallest absolute Gasteiger partial charge is 0.141 e. The molecule has 3 fully saturated rings. The van der Waals surface area contributed by atoms with Gasteiger partial charge in [-0.25, -0.2) is 0 Å². The fraction of sp³-hybridized carbons (Fsp3) is 0.933. The lowest BCUT2D eigenvalue weighted by Crippen LogP contribution is -2.48. The van der Waals surface area contributed by atoms with E-state index in [1.165, 1.54) is 6.42 Å². The molecule has 0 aromatic carbocycles. The monoisotopic (exact) mass is 252 g/mol. The lowest BCUT2D eigenvalue weighted by Gasteiger charge is -2.47. The Morgan fingerprint density at radius 2 is 2.11 bits per heavy atom. The summed E-state index contributed by atoms with van der Waals surface area (Å²) in [6.45, 7) is 3.66. The van der Waals surface area contributed by atoms with Gasteiger partial charge >= 0.3 is 0 Å². The summed E-state index contributed by atoms with van der Waals surface area (Å²) in [5.74, 6) is 0.865. The highest BCUT2D eigenvalue weighted by Gasteiger charge is 2.46. The van der Waals surface area contributed by atoms with Gasteiger partial charge in [0.1, 0.15) is 5.78 Å². The van der Waals surface area contributed by atoms with Crippen molar-refractivity contribution in [2.45, 2.75) is 63.6 Å². The maximum Gasteiger partial charge on any atom is 0.141 e. The van der Waals surface area contributed by atoms with Gasteiger partial charge in [-0.3, -0.25) is 4.79 Å². The number of hydrogen-bond donors (Lipinski definition) is 0. The van der Waals surface area contributed by atoms with Crippen molar-refractivity contribution in [2.24, 2.45) is 11.8 Å². The third kappa shape index (κ3) is 2.12. The molecule has 1 saturated carbocycles. The van der Waals surface area contributed by atoms with Crippen LogP contribution < -0.4 is 0 Å². The van der Waals surface area contributed by atoms with E-state index in [-0.39, 0.29) is 23.5 Å². The Morgan fingerprint density at radius 3 is 2.78 bits per heavy atom. The van der Waals surface area contributed by atoms with Crippen LogP contribution >= 0.6 is 0 Å². The first kappa shape index (κ1) is 12.6. The largest absolute Gasteiger partial charge is 0.377 e. The minimum atomic E-state index is 0.0831. The van der Waals surface area contributed by atoms with Crippen LogP contribution in [0.4, 0.5) is 0 Å². The maximum atomic E-state index is 12.7. The molecule has 2 heterocycles. The van der Waals surface area contributed by atoms with Gasteiger partial charge in [0, 0.05) is 25.0 Å². The molecule has 3 unspecified atom stereocenters. The molecule has 3 nitrogen and oxygen atoms in total. The molecule has 3 atom stereocenters. The summed E-state index contributed by atoms with van der Waals surface area (Å²) in [6, 6.07) is 0. The first-order chi connectivity index (χ1) is 8.74. The van der Waals surface area contributed by atoms with Crippen LogP contribution in [0, 0.1) is 11.8 Å². The van der Waals surface area contributed by atoms with Crippen LogP contribution in [0.1, 0.15) is 51.9 Å². The van der Waals surface area contributed by atoms with Gasteiger partial charge in [0.2, 0.25) is 0 Å². The number of hydrogen-bond acceptors (Lipinski definition) is 3. The van der Waals surface area contributed by atoms with Crippen LogP contribution in [0.25, 0.3) is 0 Å². The van der Waals surface area contributed by atoms with Crippen molar-refractivity contribution in [3.63, 3.8) is 0 Å². The van der Waals surface area contributed by atoms with Crippen molar-refractivity contribution in [1.82, 2.24) is 0 Å². The predicted molar refractivity (Wildman–Crippen MR) is 68.4 cm³/mol. The normalized spacial score (nSPS) is 38.6. The van der Waals surface area contributed by atoms with Crippen LogP contribution in [-0.4, -0.2) is 30.7 Å². The molecule has 0 radical (unpaired) electrons. The molecule has 3 aliphatic rings. The fourth-order valence-electron chi connectivity index (χ4n) is 3.87. The van der Waals surface area contributed by atoms with Crippen molar-refractivity contribution in [3.8, 4) is 0 Å². The molecule has 0 aromatic rings. The Hall–Kier alpha value is -0.410. The van der Waals surface area contributed by atoms with E-state index in [4.69, 9.17) is 9.47 Å². The maximum absolute atomic E-state index is 12.7. The highest BCUT2D eigenvalue weighted by atomic mass is 16.5. The molecule has 18 heavy (non-hydrogen) atoms. The number of carbonyl (C=O) groups excluding carboxylic acids is 1. The topological polar surface area (TPSA) is 35.5 Å². The van der Waals surface area contributed by atoms with Crippen molar-refractivity contribution >= 4 is 5.78 Å². The molecule has 0 amide bonds. The Bertz CT molecular complexity index is 322. The summed E-state index contributed by atoms with van der Waals surface area (Å²) in [4.78, 5) is 12.7. The number of rotatable bonds is 3. The van der Waals surface area contributed by atoms with Crippen LogP contribution in [0.5, 0.6) is 0 Å². The quantitative estimate of drug-likeness (QED) is 0.774. The molecule has 2 aliphatic heterocycles. The number of carbonyl (C=O) groups is 1. The van der Waals surface area contributed by atoms with Gasteiger partial charge in [-0.1, -0.05) is 6.92 Å². The van der Waals surface area contributed by atoms with Gasteiger partial charge in [-0.15, -0.1) is 0 Å². The summed E-state index contributed by atoms with van der Waals surface area (Å²) < 4.78 is 11.6. The summed E-state index contributed by atoms with van der Waals surface area (Å²) in [5, 5.41) is 0. The molecule has 102 valence electrons. The predicted octanol–water partition coefficient (Wildman–Crippen LogP) is 2.72. The van der Waals surface area contributed by atoms with Gasteiger partial charge in [0.15, 0.2) is 0 Å². The van der Waals surface area contributed by atoms with Crippen LogP contribution in [-0.2, 0) is 14.3 Å². The lowest BCUT2D eigenvalue weighted by molar-refractivity contribution is -0.158. The van der Waals surface area contributed by atoms with Crippen molar-refractivity contribution in [2.75, 3.05) is 13.2 Å². The third-order valence-electron chi connectivity index (χ3n) is 5.14. The highest BCUT2D eigenvalue weighted by Crippen LogP contribution is 2.45. The summed E-state index contributed by atoms with van der Waals surface area (Å²) in [7, 11) is 0. The zero-order chi connectivity index (χ0) is 12.6. The van der Waals surface area contributed by atoms with Crippen LogP contribution in [0.2, 0.25) is 0 Å². The molecule has 2 saturated heterocycles. The Balaban J connectivity index is 1.64. The summed E-state index contributed by atoms with van der Waals surface area (Å²) >= 11 is 0. The summed E-state index contributed by atoms with van der Waals surface area (Å²) in [6.07, 6.45) is 7.56. The Morgan fingerprint density at radius 1 is 1.28 bits per heavy atom. The van der Waals surface area contributed by atoms with Crippen molar-refractivity contribution < 1.29 is 14.3 Å². The molecular formula is C15H24O3. The molecule has 0 aromatic heterocycles. The van der Waals surface area contributed by atoms with E-state index in [0.717, 1.165) is 51.7 Å². The first-order valence-corrected chi connectivity index (χ1v) is 7.53.